The quantitative estimate of drug-likeness (QED) is 0.766. The van der Waals surface area contributed by atoms with Gasteiger partial charge in [-0.2, -0.15) is 4.72 Å². The number of hydrogen-bond donors (Lipinski definition) is 2. The van der Waals surface area contributed by atoms with Crippen LogP contribution in [0, 0.1) is 0 Å². The van der Waals surface area contributed by atoms with Gasteiger partial charge in [-0.1, -0.05) is 29.3 Å². The molecule has 0 aliphatic heterocycles. The summed E-state index contributed by atoms with van der Waals surface area (Å²) in [6.07, 6.45) is 1.82. The molecule has 0 unspecified atom stereocenters. The Kier molecular flexibility index (Phi) is 6.83. The van der Waals surface area contributed by atoms with E-state index >= 15 is 0 Å². The number of amides is 1. The zero-order valence-electron chi connectivity index (χ0n) is 12.4. The lowest BCUT2D eigenvalue weighted by Gasteiger charge is -2.18. The second kappa shape index (κ2) is 7.91. The fourth-order valence-electron chi connectivity index (χ4n) is 1.84. The summed E-state index contributed by atoms with van der Waals surface area (Å²) in [7, 11) is -3.70. The number of nitrogens with one attached hydrogen (secondary N) is 2. The summed E-state index contributed by atoms with van der Waals surface area (Å²) in [6.45, 7) is 5.46. The van der Waals surface area contributed by atoms with Crippen molar-refractivity contribution in [3.63, 3.8) is 0 Å². The summed E-state index contributed by atoms with van der Waals surface area (Å²) >= 11 is 3.25. The number of carbonyl (C=O) groups excluding carboxylic acids is 1. The third-order valence-electron chi connectivity index (χ3n) is 2.96. The highest BCUT2D eigenvalue weighted by atomic mass is 79.9. The topological polar surface area (TPSA) is 75.3 Å². The maximum Gasteiger partial charge on any atom is 0.241 e. The van der Waals surface area contributed by atoms with Crippen LogP contribution in [0.15, 0.2) is 33.6 Å². The highest BCUT2D eigenvalue weighted by molar-refractivity contribution is 9.10. The average Bonchev–Trinajstić information content (AvgIpc) is 2.38. The Morgan fingerprint density at radius 3 is 2.33 bits per heavy atom. The molecule has 0 aliphatic rings. The molecule has 0 saturated heterocycles. The third kappa shape index (κ3) is 5.76. The lowest BCUT2D eigenvalue weighted by Crippen LogP contribution is -2.47. The maximum absolute atomic E-state index is 12.2. The summed E-state index contributed by atoms with van der Waals surface area (Å²) in [4.78, 5) is 12.1. The first-order chi connectivity index (χ1) is 9.76. The lowest BCUT2D eigenvalue weighted by molar-refractivity contribution is -0.123. The van der Waals surface area contributed by atoms with Crippen molar-refractivity contribution in [3.05, 3.63) is 28.7 Å². The van der Waals surface area contributed by atoms with Gasteiger partial charge in [0.2, 0.25) is 15.9 Å². The van der Waals surface area contributed by atoms with Gasteiger partial charge in [-0.3, -0.25) is 4.79 Å². The highest BCUT2D eigenvalue weighted by Gasteiger charge is 2.22. The van der Waals surface area contributed by atoms with Crippen LogP contribution in [-0.2, 0) is 14.8 Å². The molecule has 0 heterocycles. The fraction of sp³-hybridized carbons (Fsp3) is 0.500. The molecule has 0 spiro atoms. The Labute approximate surface area is 134 Å². The van der Waals surface area contributed by atoms with Crippen molar-refractivity contribution in [2.24, 2.45) is 0 Å². The molecule has 2 atom stereocenters. The summed E-state index contributed by atoms with van der Waals surface area (Å²) in [5.74, 6) is -0.323. The van der Waals surface area contributed by atoms with E-state index in [0.717, 1.165) is 17.3 Å². The van der Waals surface area contributed by atoms with Gasteiger partial charge in [-0.15, -0.1) is 0 Å². The van der Waals surface area contributed by atoms with Gasteiger partial charge >= 0.3 is 0 Å². The minimum atomic E-state index is -3.70. The van der Waals surface area contributed by atoms with E-state index in [1.807, 2.05) is 13.8 Å². The number of rotatable bonds is 7. The summed E-state index contributed by atoms with van der Waals surface area (Å²) in [6, 6.07) is 5.46. The minimum Gasteiger partial charge on any atom is -0.352 e. The van der Waals surface area contributed by atoms with Crippen molar-refractivity contribution in [2.45, 2.75) is 50.6 Å². The van der Waals surface area contributed by atoms with Crippen LogP contribution in [0.1, 0.15) is 33.6 Å². The van der Waals surface area contributed by atoms with Crippen LogP contribution in [0.2, 0.25) is 0 Å². The van der Waals surface area contributed by atoms with Crippen LogP contribution in [0.5, 0.6) is 0 Å². The van der Waals surface area contributed by atoms with E-state index in [1.165, 1.54) is 19.1 Å². The van der Waals surface area contributed by atoms with Crippen molar-refractivity contribution >= 4 is 31.9 Å². The molecule has 0 saturated carbocycles. The second-order valence-electron chi connectivity index (χ2n) is 5.00. The first-order valence-electron chi connectivity index (χ1n) is 6.84. The SMILES string of the molecule is CCC[C@H](C)NC(=O)[C@H](C)NS(=O)(=O)c1ccc(Br)cc1. The van der Waals surface area contributed by atoms with Gasteiger partial charge in [0.15, 0.2) is 0 Å². The van der Waals surface area contributed by atoms with Crippen molar-refractivity contribution in [1.82, 2.24) is 10.0 Å². The molecule has 1 aromatic carbocycles. The number of hydrogen-bond acceptors (Lipinski definition) is 3. The van der Waals surface area contributed by atoms with Crippen molar-refractivity contribution < 1.29 is 13.2 Å². The van der Waals surface area contributed by atoms with Gasteiger partial charge in [0, 0.05) is 10.5 Å². The Balaban J connectivity index is 2.70. The van der Waals surface area contributed by atoms with E-state index < -0.39 is 16.1 Å². The number of sulfonamides is 1. The van der Waals surface area contributed by atoms with Gasteiger partial charge in [-0.25, -0.2) is 8.42 Å². The Morgan fingerprint density at radius 2 is 1.81 bits per heavy atom. The zero-order valence-corrected chi connectivity index (χ0v) is 14.8. The first kappa shape index (κ1) is 18.1. The largest absolute Gasteiger partial charge is 0.352 e. The molecule has 0 aromatic heterocycles. The molecule has 0 radical (unpaired) electrons. The van der Waals surface area contributed by atoms with Crippen LogP contribution in [0.4, 0.5) is 0 Å². The van der Waals surface area contributed by atoms with Crippen LogP contribution in [-0.4, -0.2) is 26.4 Å². The molecule has 7 heteroatoms. The standard InChI is InChI=1S/C14H21BrN2O3S/c1-4-5-10(2)16-14(18)11(3)17-21(19,20)13-8-6-12(15)7-9-13/h6-11,17H,4-5H2,1-3H3,(H,16,18)/t10-,11-/m0/s1. The van der Waals surface area contributed by atoms with E-state index in [4.69, 9.17) is 0 Å². The number of halogens is 1. The molecule has 118 valence electrons. The molecule has 2 N–H and O–H groups in total. The number of benzene rings is 1. The van der Waals surface area contributed by atoms with Gasteiger partial charge in [0.25, 0.3) is 0 Å². The highest BCUT2D eigenvalue weighted by Crippen LogP contribution is 2.14. The van der Waals surface area contributed by atoms with Gasteiger partial charge in [-0.05, 0) is 44.5 Å². The van der Waals surface area contributed by atoms with Crippen molar-refractivity contribution in [3.8, 4) is 0 Å². The maximum atomic E-state index is 12.2. The monoisotopic (exact) mass is 376 g/mol. The molecule has 1 aromatic rings. The van der Waals surface area contributed by atoms with Crippen LogP contribution < -0.4 is 10.0 Å². The van der Waals surface area contributed by atoms with Crippen molar-refractivity contribution in [2.75, 3.05) is 0 Å². The molecular weight excluding hydrogens is 356 g/mol. The van der Waals surface area contributed by atoms with Crippen LogP contribution in [0.3, 0.4) is 0 Å². The minimum absolute atomic E-state index is 0.0298. The summed E-state index contributed by atoms with van der Waals surface area (Å²) in [5.41, 5.74) is 0. The molecule has 5 nitrogen and oxygen atoms in total. The van der Waals surface area contributed by atoms with E-state index in [2.05, 4.69) is 26.0 Å². The average molecular weight is 377 g/mol. The Bertz CT molecular complexity index is 572. The molecule has 1 amide bonds. The van der Waals surface area contributed by atoms with Crippen LogP contribution >= 0.6 is 15.9 Å². The van der Waals surface area contributed by atoms with Crippen LogP contribution in [0.25, 0.3) is 0 Å². The molecule has 1 rings (SSSR count). The zero-order chi connectivity index (χ0) is 16.0. The Morgan fingerprint density at radius 1 is 1.24 bits per heavy atom. The Hall–Kier alpha value is -0.920. The fourth-order valence-corrected chi connectivity index (χ4v) is 3.31. The summed E-state index contributed by atoms with van der Waals surface area (Å²) < 4.78 is 27.5. The van der Waals surface area contributed by atoms with Gasteiger partial charge < -0.3 is 5.32 Å². The molecule has 0 bridgehead atoms. The second-order valence-corrected chi connectivity index (χ2v) is 7.62. The van der Waals surface area contributed by atoms with E-state index in [-0.39, 0.29) is 16.8 Å². The molecule has 0 aliphatic carbocycles. The normalized spacial score (nSPS) is 14.5. The predicted octanol–water partition coefficient (Wildman–Crippen LogP) is 2.42. The summed E-state index contributed by atoms with van der Waals surface area (Å²) in [5, 5.41) is 2.79. The van der Waals surface area contributed by atoms with E-state index in [0.29, 0.717) is 0 Å². The lowest BCUT2D eigenvalue weighted by atomic mass is 10.2. The van der Waals surface area contributed by atoms with E-state index in [9.17, 15) is 13.2 Å². The smallest absolute Gasteiger partial charge is 0.241 e. The van der Waals surface area contributed by atoms with E-state index in [1.54, 1.807) is 12.1 Å². The number of carbonyl (C=O) groups is 1. The third-order valence-corrected chi connectivity index (χ3v) is 5.04. The molecule has 21 heavy (non-hydrogen) atoms. The molecular formula is C14H21BrN2O3S. The first-order valence-corrected chi connectivity index (χ1v) is 9.12. The van der Waals surface area contributed by atoms with Gasteiger partial charge in [0.05, 0.1) is 10.9 Å². The van der Waals surface area contributed by atoms with Crippen molar-refractivity contribution in [1.29, 1.82) is 0 Å². The molecule has 0 fully saturated rings. The predicted molar refractivity (Wildman–Crippen MR) is 86.4 cm³/mol. The van der Waals surface area contributed by atoms with Gasteiger partial charge in [0.1, 0.15) is 0 Å².